The zero-order chi connectivity index (χ0) is 12.2. The quantitative estimate of drug-likeness (QED) is 0.748. The molecule has 1 aromatic rings. The maximum atomic E-state index is 12.3. The molecule has 1 rings (SSSR count). The molecule has 0 radical (unpaired) electrons. The van der Waals surface area contributed by atoms with Crippen LogP contribution in [0, 0.1) is 0 Å². The van der Waals surface area contributed by atoms with Crippen molar-refractivity contribution >= 4 is 0 Å². The van der Waals surface area contributed by atoms with Gasteiger partial charge in [-0.15, -0.1) is 13.2 Å². The van der Waals surface area contributed by atoms with E-state index in [9.17, 15) is 17.6 Å². The molecule has 0 fully saturated rings. The zero-order valence-corrected chi connectivity index (χ0v) is 8.47. The van der Waals surface area contributed by atoms with Crippen LogP contribution in [-0.2, 0) is 6.67 Å². The number of rotatable bonds is 4. The summed E-state index contributed by atoms with van der Waals surface area (Å²) >= 11 is 0. The van der Waals surface area contributed by atoms with E-state index in [1.165, 1.54) is 12.1 Å². The first-order valence-electron chi connectivity index (χ1n) is 4.53. The maximum absolute atomic E-state index is 12.3. The summed E-state index contributed by atoms with van der Waals surface area (Å²) in [6.45, 7) is 1.01. The molecule has 0 N–H and O–H groups in total. The lowest BCUT2D eigenvalue weighted by Gasteiger charge is -2.13. The van der Waals surface area contributed by atoms with Gasteiger partial charge in [-0.3, -0.25) is 0 Å². The largest absolute Gasteiger partial charge is 0.573 e. The Balaban J connectivity index is 2.98. The van der Waals surface area contributed by atoms with E-state index in [0.29, 0.717) is 0 Å². The molecule has 6 heteroatoms. The van der Waals surface area contributed by atoms with Crippen LogP contribution in [0.5, 0.6) is 11.5 Å². The molecular weight excluding hydrogens is 228 g/mol. The highest BCUT2D eigenvalue weighted by atomic mass is 19.4. The zero-order valence-electron chi connectivity index (χ0n) is 8.47. The molecule has 0 aliphatic heterocycles. The summed E-state index contributed by atoms with van der Waals surface area (Å²) in [5.74, 6) is -0.582. The lowest BCUT2D eigenvalue weighted by Crippen LogP contribution is -2.17. The Labute approximate surface area is 89.8 Å². The van der Waals surface area contributed by atoms with E-state index in [1.807, 2.05) is 0 Å². The molecule has 2 nitrogen and oxygen atoms in total. The highest BCUT2D eigenvalue weighted by Crippen LogP contribution is 2.33. The van der Waals surface area contributed by atoms with Crippen molar-refractivity contribution in [1.82, 2.24) is 0 Å². The van der Waals surface area contributed by atoms with E-state index in [0.717, 1.165) is 6.07 Å². The van der Waals surface area contributed by atoms with Gasteiger partial charge >= 0.3 is 6.36 Å². The molecule has 0 aliphatic rings. The van der Waals surface area contributed by atoms with E-state index in [2.05, 4.69) is 4.74 Å². The van der Waals surface area contributed by atoms with Crippen molar-refractivity contribution in [1.29, 1.82) is 0 Å². The number of hydrogen-bond donors (Lipinski definition) is 0. The summed E-state index contributed by atoms with van der Waals surface area (Å²) in [4.78, 5) is 0. The lowest BCUT2D eigenvalue weighted by molar-refractivity contribution is -0.275. The van der Waals surface area contributed by atoms with Gasteiger partial charge in [-0.1, -0.05) is 6.07 Å². The third kappa shape index (κ3) is 3.60. The summed E-state index contributed by atoms with van der Waals surface area (Å²) in [6, 6.07) is 3.43. The predicted octanol–water partition coefficient (Wildman–Crippen LogP) is 3.45. The predicted molar refractivity (Wildman–Crippen MR) is 49.1 cm³/mol. The van der Waals surface area contributed by atoms with Crippen LogP contribution in [0.3, 0.4) is 0 Å². The molecular formula is C10H10F4O2. The standard InChI is InChI=1S/C10H10F4O2/c1-2-15-9-5-7(6-11)3-4-8(9)16-10(12,13)14/h3-5H,2,6H2,1H3. The van der Waals surface area contributed by atoms with Crippen LogP contribution in [-0.4, -0.2) is 13.0 Å². The number of ether oxygens (including phenoxy) is 2. The molecule has 16 heavy (non-hydrogen) atoms. The topological polar surface area (TPSA) is 18.5 Å². The summed E-state index contributed by atoms with van der Waals surface area (Å²) in [5, 5.41) is 0. The second kappa shape index (κ2) is 5.05. The summed E-state index contributed by atoms with van der Waals surface area (Å²) < 4.78 is 56.9. The molecule has 0 aromatic heterocycles. The van der Waals surface area contributed by atoms with Gasteiger partial charge in [0.25, 0.3) is 0 Å². The Kier molecular flexibility index (Phi) is 3.98. The molecule has 0 amide bonds. The third-order valence-electron chi connectivity index (χ3n) is 1.69. The van der Waals surface area contributed by atoms with Crippen molar-refractivity contribution in [3.8, 4) is 11.5 Å². The fourth-order valence-electron chi connectivity index (χ4n) is 1.11. The monoisotopic (exact) mass is 238 g/mol. The summed E-state index contributed by atoms with van der Waals surface area (Å²) in [6.07, 6.45) is -4.79. The van der Waals surface area contributed by atoms with E-state index in [-0.39, 0.29) is 17.9 Å². The molecule has 0 unspecified atom stereocenters. The normalized spacial score (nSPS) is 11.3. The maximum Gasteiger partial charge on any atom is 0.573 e. The van der Waals surface area contributed by atoms with Gasteiger partial charge in [-0.05, 0) is 24.6 Å². The Bertz CT molecular complexity index is 349. The van der Waals surface area contributed by atoms with Gasteiger partial charge in [0, 0.05) is 0 Å². The SMILES string of the molecule is CCOc1cc(CF)ccc1OC(F)(F)F. The fraction of sp³-hybridized carbons (Fsp3) is 0.400. The van der Waals surface area contributed by atoms with Crippen molar-refractivity contribution in [2.24, 2.45) is 0 Å². The van der Waals surface area contributed by atoms with Crippen LogP contribution >= 0.6 is 0 Å². The van der Waals surface area contributed by atoms with Gasteiger partial charge < -0.3 is 9.47 Å². The van der Waals surface area contributed by atoms with Crippen LogP contribution < -0.4 is 9.47 Å². The first-order valence-corrected chi connectivity index (χ1v) is 4.53. The Hall–Kier alpha value is -1.46. The van der Waals surface area contributed by atoms with Crippen LogP contribution in [0.25, 0.3) is 0 Å². The minimum atomic E-state index is -4.79. The fourth-order valence-corrected chi connectivity index (χ4v) is 1.11. The highest BCUT2D eigenvalue weighted by Gasteiger charge is 2.32. The molecule has 0 aliphatic carbocycles. The van der Waals surface area contributed by atoms with Gasteiger partial charge in [0.15, 0.2) is 11.5 Å². The van der Waals surface area contributed by atoms with Gasteiger partial charge in [-0.25, -0.2) is 4.39 Å². The molecule has 0 bridgehead atoms. The van der Waals surface area contributed by atoms with E-state index in [1.54, 1.807) is 6.92 Å². The highest BCUT2D eigenvalue weighted by molar-refractivity contribution is 5.43. The second-order valence-electron chi connectivity index (χ2n) is 2.90. The van der Waals surface area contributed by atoms with Gasteiger partial charge in [0.2, 0.25) is 0 Å². The Morgan fingerprint density at radius 3 is 2.38 bits per heavy atom. The van der Waals surface area contributed by atoms with Crippen molar-refractivity contribution in [3.05, 3.63) is 23.8 Å². The van der Waals surface area contributed by atoms with Crippen molar-refractivity contribution in [2.45, 2.75) is 20.0 Å². The van der Waals surface area contributed by atoms with Crippen LogP contribution in [0.15, 0.2) is 18.2 Å². The Morgan fingerprint density at radius 2 is 1.88 bits per heavy atom. The van der Waals surface area contributed by atoms with Crippen molar-refractivity contribution in [2.75, 3.05) is 6.61 Å². The molecule has 90 valence electrons. The smallest absolute Gasteiger partial charge is 0.490 e. The van der Waals surface area contributed by atoms with Crippen molar-refractivity contribution in [3.63, 3.8) is 0 Å². The molecule has 0 spiro atoms. The van der Waals surface area contributed by atoms with Crippen LogP contribution in [0.2, 0.25) is 0 Å². The molecule has 0 saturated heterocycles. The van der Waals surface area contributed by atoms with E-state index >= 15 is 0 Å². The van der Waals surface area contributed by atoms with Gasteiger partial charge in [0.05, 0.1) is 6.61 Å². The first kappa shape index (κ1) is 12.6. The minimum absolute atomic E-state index is 0.116. The number of hydrogen-bond acceptors (Lipinski definition) is 2. The Morgan fingerprint density at radius 1 is 1.19 bits per heavy atom. The lowest BCUT2D eigenvalue weighted by atomic mass is 10.2. The number of benzene rings is 1. The van der Waals surface area contributed by atoms with Crippen LogP contribution in [0.4, 0.5) is 17.6 Å². The average Bonchev–Trinajstić information content (AvgIpc) is 2.19. The van der Waals surface area contributed by atoms with Crippen molar-refractivity contribution < 1.29 is 27.0 Å². The number of halogens is 4. The number of alkyl halides is 4. The third-order valence-corrected chi connectivity index (χ3v) is 1.69. The molecule has 0 saturated carbocycles. The first-order chi connectivity index (χ1) is 7.46. The second-order valence-corrected chi connectivity index (χ2v) is 2.90. The molecule has 0 heterocycles. The molecule has 0 atom stereocenters. The molecule has 1 aromatic carbocycles. The summed E-state index contributed by atoms with van der Waals surface area (Å²) in [7, 11) is 0. The van der Waals surface area contributed by atoms with E-state index < -0.39 is 18.8 Å². The summed E-state index contributed by atoms with van der Waals surface area (Å²) in [5.41, 5.74) is 0.234. The minimum Gasteiger partial charge on any atom is -0.490 e. The average molecular weight is 238 g/mol. The van der Waals surface area contributed by atoms with Gasteiger partial charge in [-0.2, -0.15) is 0 Å². The van der Waals surface area contributed by atoms with Crippen LogP contribution in [0.1, 0.15) is 12.5 Å². The van der Waals surface area contributed by atoms with Gasteiger partial charge in [0.1, 0.15) is 6.67 Å². The van der Waals surface area contributed by atoms with E-state index in [4.69, 9.17) is 4.74 Å².